The van der Waals surface area contributed by atoms with E-state index in [1.165, 1.54) is 23.0 Å². The number of hydrogen-bond acceptors (Lipinski definition) is 9. The second-order valence-electron chi connectivity index (χ2n) is 9.45. The van der Waals surface area contributed by atoms with Crippen molar-refractivity contribution in [3.05, 3.63) is 63.3 Å². The van der Waals surface area contributed by atoms with Gasteiger partial charge in [-0.25, -0.2) is 9.18 Å². The maximum Gasteiger partial charge on any atom is 0.409 e. The first-order valence-corrected chi connectivity index (χ1v) is 13.1. The smallest absolute Gasteiger partial charge is 0.409 e. The zero-order chi connectivity index (χ0) is 27.2. The summed E-state index contributed by atoms with van der Waals surface area (Å²) in [6.07, 6.45) is 2.17. The Bertz CT molecular complexity index is 1400. The molecule has 2 amide bonds. The van der Waals surface area contributed by atoms with E-state index >= 15 is 0 Å². The van der Waals surface area contributed by atoms with E-state index in [0.29, 0.717) is 38.0 Å². The van der Waals surface area contributed by atoms with Crippen molar-refractivity contribution >= 4 is 33.8 Å². The fourth-order valence-corrected chi connectivity index (χ4v) is 6.23. The monoisotopic (exact) mass is 542 g/mol. The Kier molecular flexibility index (Phi) is 6.63. The number of aromatic hydroxyl groups is 1. The standard InChI is InChI=1S/C25H27FN6O5S/c1-2-37-24(36)30-10-8-25-15(12-30)7-9-32(25)31-13-17(20(33)21(34)19(31)23(35)29-25)22(28)38-18(27)11-14-3-5-16(26)6-4-14/h3-6,13,15,27-28,34H,2,7-12H2,1H3,(H,29,35). The molecule has 2 fully saturated rings. The summed E-state index contributed by atoms with van der Waals surface area (Å²) < 4.78 is 19.8. The molecule has 0 aliphatic carbocycles. The third-order valence-electron chi connectivity index (χ3n) is 7.27. The summed E-state index contributed by atoms with van der Waals surface area (Å²) in [5.74, 6) is -1.88. The van der Waals surface area contributed by atoms with E-state index in [4.69, 9.17) is 15.6 Å². The van der Waals surface area contributed by atoms with Gasteiger partial charge in [-0.1, -0.05) is 23.9 Å². The van der Waals surface area contributed by atoms with Gasteiger partial charge in [-0.05, 0) is 31.0 Å². The van der Waals surface area contributed by atoms with Gasteiger partial charge in [-0.2, -0.15) is 0 Å². The molecule has 1 spiro atoms. The number of piperidine rings is 1. The summed E-state index contributed by atoms with van der Waals surface area (Å²) in [6, 6.07) is 5.66. The highest BCUT2D eigenvalue weighted by molar-refractivity contribution is 8.26. The van der Waals surface area contributed by atoms with Gasteiger partial charge in [0.2, 0.25) is 5.43 Å². The summed E-state index contributed by atoms with van der Waals surface area (Å²) in [4.78, 5) is 40.1. The van der Waals surface area contributed by atoms with Gasteiger partial charge in [-0.15, -0.1) is 0 Å². The van der Waals surface area contributed by atoms with E-state index in [0.717, 1.165) is 11.8 Å². The number of carbonyl (C=O) groups excluding carboxylic acids is 2. The predicted octanol–water partition coefficient (Wildman–Crippen LogP) is 2.23. The summed E-state index contributed by atoms with van der Waals surface area (Å²) in [6.45, 7) is 3.23. The maximum absolute atomic E-state index is 13.2. The number of ether oxygens (including phenoxy) is 1. The number of halogens is 1. The van der Waals surface area contributed by atoms with Crippen molar-refractivity contribution < 1.29 is 23.8 Å². The molecule has 0 saturated carbocycles. The second kappa shape index (κ2) is 9.78. The molecule has 11 nitrogen and oxygen atoms in total. The van der Waals surface area contributed by atoms with Gasteiger partial charge in [0.1, 0.15) is 16.5 Å². The van der Waals surface area contributed by atoms with Crippen molar-refractivity contribution in [2.24, 2.45) is 5.92 Å². The molecule has 4 heterocycles. The molecule has 0 bridgehead atoms. The summed E-state index contributed by atoms with van der Waals surface area (Å²) in [5, 5.41) is 32.2. The molecule has 0 radical (unpaired) electrons. The number of nitrogens with zero attached hydrogens (tertiary/aromatic N) is 3. The topological polar surface area (TPSA) is 152 Å². The van der Waals surface area contributed by atoms with E-state index in [9.17, 15) is 23.9 Å². The molecule has 1 aromatic heterocycles. The van der Waals surface area contributed by atoms with Crippen LogP contribution in [-0.4, -0.2) is 68.7 Å². The average Bonchev–Trinajstić information content (AvgIpc) is 3.25. The van der Waals surface area contributed by atoms with Crippen LogP contribution in [0.3, 0.4) is 0 Å². The number of thioether (sulfide) groups is 1. The summed E-state index contributed by atoms with van der Waals surface area (Å²) in [7, 11) is 0. The fraction of sp³-hybridized carbons (Fsp3) is 0.400. The Morgan fingerprint density at radius 3 is 2.71 bits per heavy atom. The third kappa shape index (κ3) is 4.30. The number of amides is 2. The largest absolute Gasteiger partial charge is 0.502 e. The second-order valence-corrected chi connectivity index (χ2v) is 10.6. The lowest BCUT2D eigenvalue weighted by atomic mass is 9.85. The SMILES string of the molecule is CCOC(=O)N1CCC23NC(=O)c4c(O)c(=O)c(C(=N)SC(=N)Cc5ccc(F)cc5)cn4N2CCC3C1. The lowest BCUT2D eigenvalue weighted by molar-refractivity contribution is 0.0449. The van der Waals surface area contributed by atoms with Crippen LogP contribution in [0, 0.1) is 22.6 Å². The number of pyridine rings is 1. The third-order valence-corrected chi connectivity index (χ3v) is 8.09. The highest BCUT2D eigenvalue weighted by atomic mass is 32.2. The van der Waals surface area contributed by atoms with Crippen molar-refractivity contribution in [2.45, 2.75) is 31.8 Å². The lowest BCUT2D eigenvalue weighted by Crippen LogP contribution is -2.72. The van der Waals surface area contributed by atoms with E-state index in [-0.39, 0.29) is 40.3 Å². The number of carbonyl (C=O) groups is 2. The van der Waals surface area contributed by atoms with Crippen molar-refractivity contribution in [1.29, 1.82) is 10.8 Å². The molecular weight excluding hydrogens is 515 g/mol. The summed E-state index contributed by atoms with van der Waals surface area (Å²) >= 11 is 0.752. The molecule has 38 heavy (non-hydrogen) atoms. The molecule has 2 saturated heterocycles. The molecule has 3 aliphatic rings. The van der Waals surface area contributed by atoms with Gasteiger partial charge in [0.25, 0.3) is 5.91 Å². The molecule has 5 rings (SSSR count). The van der Waals surface area contributed by atoms with Gasteiger partial charge in [0, 0.05) is 44.6 Å². The van der Waals surface area contributed by atoms with Crippen molar-refractivity contribution in [1.82, 2.24) is 14.9 Å². The van der Waals surface area contributed by atoms with Crippen LogP contribution in [0.1, 0.15) is 41.4 Å². The van der Waals surface area contributed by atoms with Crippen LogP contribution >= 0.6 is 11.8 Å². The number of benzene rings is 1. The van der Waals surface area contributed by atoms with E-state index in [1.54, 1.807) is 24.0 Å². The van der Waals surface area contributed by atoms with Crippen LogP contribution in [0.5, 0.6) is 5.75 Å². The first kappa shape index (κ1) is 25.8. The highest BCUT2D eigenvalue weighted by Gasteiger charge is 2.56. The fourth-order valence-electron chi connectivity index (χ4n) is 5.49. The van der Waals surface area contributed by atoms with Crippen molar-refractivity contribution in [3.8, 4) is 5.75 Å². The Balaban J connectivity index is 1.42. The molecule has 3 aliphatic heterocycles. The van der Waals surface area contributed by atoms with Gasteiger partial charge in [0.15, 0.2) is 11.4 Å². The zero-order valence-corrected chi connectivity index (χ0v) is 21.4. The first-order valence-electron chi connectivity index (χ1n) is 12.2. The van der Waals surface area contributed by atoms with Gasteiger partial charge < -0.3 is 20.1 Å². The van der Waals surface area contributed by atoms with E-state index < -0.39 is 34.7 Å². The maximum atomic E-state index is 13.2. The molecule has 2 aromatic rings. The number of fused-ring (bicyclic) bond motifs is 2. The minimum atomic E-state index is -0.873. The molecule has 13 heteroatoms. The number of rotatable bonds is 4. The first-order chi connectivity index (χ1) is 18.1. The molecular formula is C25H27FN6O5S. The van der Waals surface area contributed by atoms with E-state index in [2.05, 4.69) is 5.32 Å². The zero-order valence-electron chi connectivity index (χ0n) is 20.6. The van der Waals surface area contributed by atoms with Crippen LogP contribution in [0.15, 0.2) is 35.3 Å². The Hall–Kier alpha value is -3.87. The molecule has 200 valence electrons. The minimum Gasteiger partial charge on any atom is -0.502 e. The number of likely N-dealkylation sites (tertiary alicyclic amines) is 1. The lowest BCUT2D eigenvalue weighted by Gasteiger charge is -2.52. The summed E-state index contributed by atoms with van der Waals surface area (Å²) in [5.41, 5.74) is -1.37. The van der Waals surface area contributed by atoms with Crippen molar-refractivity contribution in [2.75, 3.05) is 31.3 Å². The van der Waals surface area contributed by atoms with Crippen molar-refractivity contribution in [3.63, 3.8) is 0 Å². The van der Waals surface area contributed by atoms with Crippen LogP contribution in [0.4, 0.5) is 9.18 Å². The number of nitrogens with one attached hydrogen (secondary N) is 3. The highest BCUT2D eigenvalue weighted by Crippen LogP contribution is 2.41. The number of aromatic nitrogens is 1. The quantitative estimate of drug-likeness (QED) is 0.342. The predicted molar refractivity (Wildman–Crippen MR) is 139 cm³/mol. The van der Waals surface area contributed by atoms with E-state index in [1.807, 2.05) is 5.01 Å². The molecule has 2 atom stereocenters. The minimum absolute atomic E-state index is 0.0602. The Morgan fingerprint density at radius 2 is 2.00 bits per heavy atom. The molecule has 1 aromatic carbocycles. The Morgan fingerprint density at radius 1 is 1.26 bits per heavy atom. The van der Waals surface area contributed by atoms with Gasteiger partial charge in [-0.3, -0.25) is 30.1 Å². The van der Waals surface area contributed by atoms with Crippen LogP contribution < -0.4 is 15.8 Å². The number of hydrogen-bond donors (Lipinski definition) is 4. The van der Waals surface area contributed by atoms with Crippen LogP contribution in [-0.2, 0) is 11.2 Å². The van der Waals surface area contributed by atoms with Crippen LogP contribution in [0.25, 0.3) is 0 Å². The Labute approximate surface area is 221 Å². The van der Waals surface area contributed by atoms with Gasteiger partial charge >= 0.3 is 6.09 Å². The normalized spacial score (nSPS) is 21.7. The van der Waals surface area contributed by atoms with Crippen LogP contribution in [0.2, 0.25) is 0 Å². The van der Waals surface area contributed by atoms with Gasteiger partial charge in [0.05, 0.1) is 17.2 Å². The molecule has 2 unspecified atom stereocenters. The average molecular weight is 543 g/mol. The molecule has 4 N–H and O–H groups in total.